The highest BCUT2D eigenvalue weighted by molar-refractivity contribution is 5.92. The highest BCUT2D eigenvalue weighted by Crippen LogP contribution is 2.04. The fraction of sp³-hybridized carbons (Fsp3) is 0.200. The first-order valence-electron chi connectivity index (χ1n) is 4.78. The number of carbonyl (C=O) groups excluding carboxylic acids is 1. The van der Waals surface area contributed by atoms with E-state index in [4.69, 9.17) is 5.73 Å². The second-order valence-corrected chi connectivity index (χ2v) is 3.43. The van der Waals surface area contributed by atoms with Crippen LogP contribution in [0.3, 0.4) is 0 Å². The maximum atomic E-state index is 10.9. The summed E-state index contributed by atoms with van der Waals surface area (Å²) < 4.78 is 0. The predicted octanol–water partition coefficient (Wildman–Crippen LogP) is 0.129. The molecule has 1 heterocycles. The number of aryl methyl sites for hydroxylation is 1. The average molecular weight is 217 g/mol. The van der Waals surface area contributed by atoms with E-state index in [1.807, 2.05) is 12.1 Å². The van der Waals surface area contributed by atoms with Crippen LogP contribution < -0.4 is 5.73 Å². The third-order valence-electron chi connectivity index (χ3n) is 2.12. The van der Waals surface area contributed by atoms with Crippen molar-refractivity contribution in [1.29, 1.82) is 0 Å². The SMILES string of the molecule is Cc1nnn(Cc2ccc(C(N)=O)cc2)n1. The molecule has 0 radical (unpaired) electrons. The summed E-state index contributed by atoms with van der Waals surface area (Å²) in [7, 11) is 0. The van der Waals surface area contributed by atoms with E-state index >= 15 is 0 Å². The molecule has 2 rings (SSSR count). The lowest BCUT2D eigenvalue weighted by molar-refractivity contribution is 0.100. The fourth-order valence-electron chi connectivity index (χ4n) is 1.33. The Bertz CT molecular complexity index is 502. The van der Waals surface area contributed by atoms with Crippen LogP contribution in [0.5, 0.6) is 0 Å². The summed E-state index contributed by atoms with van der Waals surface area (Å²) >= 11 is 0. The van der Waals surface area contributed by atoms with E-state index in [0.29, 0.717) is 17.9 Å². The number of carbonyl (C=O) groups is 1. The second-order valence-electron chi connectivity index (χ2n) is 3.43. The van der Waals surface area contributed by atoms with Crippen molar-refractivity contribution in [3.8, 4) is 0 Å². The van der Waals surface area contributed by atoms with Crippen LogP contribution in [0.2, 0.25) is 0 Å². The number of tetrazole rings is 1. The largest absolute Gasteiger partial charge is 0.366 e. The molecule has 1 amide bonds. The zero-order chi connectivity index (χ0) is 11.5. The minimum absolute atomic E-state index is 0.429. The van der Waals surface area contributed by atoms with E-state index in [1.165, 1.54) is 4.80 Å². The maximum Gasteiger partial charge on any atom is 0.248 e. The van der Waals surface area contributed by atoms with Crippen molar-refractivity contribution >= 4 is 5.91 Å². The zero-order valence-electron chi connectivity index (χ0n) is 8.79. The second kappa shape index (κ2) is 4.09. The monoisotopic (exact) mass is 217 g/mol. The van der Waals surface area contributed by atoms with Gasteiger partial charge in [0.25, 0.3) is 0 Å². The molecule has 0 unspecified atom stereocenters. The summed E-state index contributed by atoms with van der Waals surface area (Å²) in [6, 6.07) is 7.00. The first-order valence-corrected chi connectivity index (χ1v) is 4.78. The van der Waals surface area contributed by atoms with Gasteiger partial charge in [0.15, 0.2) is 5.82 Å². The van der Waals surface area contributed by atoms with Crippen molar-refractivity contribution in [3.05, 3.63) is 41.2 Å². The van der Waals surface area contributed by atoms with E-state index in [1.54, 1.807) is 19.1 Å². The van der Waals surface area contributed by atoms with E-state index < -0.39 is 5.91 Å². The first-order chi connectivity index (χ1) is 7.65. The van der Waals surface area contributed by atoms with Crippen LogP contribution in [0.25, 0.3) is 0 Å². The summed E-state index contributed by atoms with van der Waals surface area (Å²) in [5.41, 5.74) is 6.62. The third-order valence-corrected chi connectivity index (χ3v) is 2.12. The van der Waals surface area contributed by atoms with Crippen molar-refractivity contribution in [2.24, 2.45) is 5.73 Å². The Morgan fingerprint density at radius 2 is 2.06 bits per heavy atom. The smallest absolute Gasteiger partial charge is 0.248 e. The Hall–Kier alpha value is -2.24. The van der Waals surface area contributed by atoms with E-state index in [-0.39, 0.29) is 0 Å². The Labute approximate surface area is 92.1 Å². The van der Waals surface area contributed by atoms with Gasteiger partial charge in [0.2, 0.25) is 5.91 Å². The lowest BCUT2D eigenvalue weighted by Gasteiger charge is -2.00. The third kappa shape index (κ3) is 2.22. The molecule has 0 spiro atoms. The van der Waals surface area contributed by atoms with Crippen LogP contribution in [0.1, 0.15) is 21.7 Å². The Morgan fingerprint density at radius 1 is 1.38 bits per heavy atom. The standard InChI is InChI=1S/C10H11N5O/c1-7-12-14-15(13-7)6-8-2-4-9(5-3-8)10(11)16/h2-5H,6H2,1H3,(H2,11,16). The summed E-state index contributed by atoms with van der Waals surface area (Å²) in [6.45, 7) is 2.31. The summed E-state index contributed by atoms with van der Waals surface area (Å²) in [4.78, 5) is 12.4. The molecule has 0 saturated heterocycles. The van der Waals surface area contributed by atoms with E-state index in [9.17, 15) is 4.79 Å². The zero-order valence-corrected chi connectivity index (χ0v) is 8.79. The van der Waals surface area contributed by atoms with Gasteiger partial charge in [-0.1, -0.05) is 12.1 Å². The Kier molecular flexibility index (Phi) is 2.63. The first kappa shape index (κ1) is 10.3. The molecule has 1 aromatic carbocycles. The molecule has 0 aliphatic heterocycles. The van der Waals surface area contributed by atoms with Crippen LogP contribution in [0, 0.1) is 6.92 Å². The molecule has 0 atom stereocenters. The van der Waals surface area contributed by atoms with Gasteiger partial charge in [-0.2, -0.15) is 4.80 Å². The maximum absolute atomic E-state index is 10.9. The topological polar surface area (TPSA) is 86.7 Å². The molecule has 0 aliphatic carbocycles. The van der Waals surface area contributed by atoms with Gasteiger partial charge in [0.1, 0.15) is 0 Å². The summed E-state index contributed by atoms with van der Waals surface area (Å²) in [5, 5.41) is 11.7. The fourth-order valence-corrected chi connectivity index (χ4v) is 1.33. The molecule has 0 bridgehead atoms. The van der Waals surface area contributed by atoms with Crippen molar-refractivity contribution in [3.63, 3.8) is 0 Å². The highest BCUT2D eigenvalue weighted by Gasteiger charge is 2.02. The van der Waals surface area contributed by atoms with Gasteiger partial charge in [-0.05, 0) is 29.8 Å². The Balaban J connectivity index is 2.14. The minimum atomic E-state index is -0.429. The summed E-state index contributed by atoms with van der Waals surface area (Å²) in [6.07, 6.45) is 0. The lowest BCUT2D eigenvalue weighted by atomic mass is 10.1. The van der Waals surface area contributed by atoms with Gasteiger partial charge in [-0.3, -0.25) is 4.79 Å². The number of hydrogen-bond acceptors (Lipinski definition) is 4. The quantitative estimate of drug-likeness (QED) is 0.791. The number of primary amides is 1. The van der Waals surface area contributed by atoms with Crippen LogP contribution in [0.4, 0.5) is 0 Å². The van der Waals surface area contributed by atoms with Gasteiger partial charge in [-0.25, -0.2) is 0 Å². The van der Waals surface area contributed by atoms with Crippen LogP contribution in [-0.4, -0.2) is 26.1 Å². The van der Waals surface area contributed by atoms with Crippen molar-refractivity contribution in [2.75, 3.05) is 0 Å². The number of benzene rings is 1. The molecule has 82 valence electrons. The molecule has 6 nitrogen and oxygen atoms in total. The predicted molar refractivity (Wildman–Crippen MR) is 56.6 cm³/mol. The van der Waals surface area contributed by atoms with Gasteiger partial charge in [0, 0.05) is 5.56 Å². The van der Waals surface area contributed by atoms with Crippen molar-refractivity contribution in [1.82, 2.24) is 20.2 Å². The molecule has 0 saturated carbocycles. The van der Waals surface area contributed by atoms with E-state index in [0.717, 1.165) is 5.56 Å². The van der Waals surface area contributed by atoms with Crippen LogP contribution >= 0.6 is 0 Å². The number of hydrogen-bond donors (Lipinski definition) is 1. The molecule has 6 heteroatoms. The van der Waals surface area contributed by atoms with Gasteiger partial charge in [-0.15, -0.1) is 10.2 Å². The molecular weight excluding hydrogens is 206 g/mol. The highest BCUT2D eigenvalue weighted by atomic mass is 16.1. The number of rotatable bonds is 3. The van der Waals surface area contributed by atoms with Crippen molar-refractivity contribution in [2.45, 2.75) is 13.5 Å². The molecule has 1 aromatic heterocycles. The van der Waals surface area contributed by atoms with Crippen LogP contribution in [-0.2, 0) is 6.54 Å². The van der Waals surface area contributed by atoms with Gasteiger partial charge in [0.05, 0.1) is 6.54 Å². The number of nitrogens with two attached hydrogens (primary N) is 1. The average Bonchev–Trinajstić information content (AvgIpc) is 2.65. The molecular formula is C10H11N5O. The molecule has 0 aliphatic rings. The van der Waals surface area contributed by atoms with Gasteiger partial charge >= 0.3 is 0 Å². The van der Waals surface area contributed by atoms with Crippen LogP contribution in [0.15, 0.2) is 24.3 Å². The molecule has 16 heavy (non-hydrogen) atoms. The molecule has 0 fully saturated rings. The number of aromatic nitrogens is 4. The molecule has 2 N–H and O–H groups in total. The normalized spacial score (nSPS) is 10.3. The van der Waals surface area contributed by atoms with Gasteiger partial charge < -0.3 is 5.73 Å². The van der Waals surface area contributed by atoms with Crippen molar-refractivity contribution < 1.29 is 4.79 Å². The lowest BCUT2D eigenvalue weighted by Crippen LogP contribution is -2.11. The van der Waals surface area contributed by atoms with E-state index in [2.05, 4.69) is 15.4 Å². The number of nitrogens with zero attached hydrogens (tertiary/aromatic N) is 4. The Morgan fingerprint density at radius 3 is 2.56 bits per heavy atom. The molecule has 2 aromatic rings. The minimum Gasteiger partial charge on any atom is -0.366 e. The number of amides is 1. The summed E-state index contributed by atoms with van der Waals surface area (Å²) in [5.74, 6) is 0.204.